The smallest absolute Gasteiger partial charge is 0.242 e. The Hall–Kier alpha value is -2.00. The predicted molar refractivity (Wildman–Crippen MR) is 143 cm³/mol. The van der Waals surface area contributed by atoms with Crippen LogP contribution in [0.2, 0.25) is 15.1 Å². The first-order chi connectivity index (χ1) is 16.3. The fraction of sp³-hybridized carbons (Fsp3) is 0.417. The van der Waals surface area contributed by atoms with Crippen LogP contribution in [0.3, 0.4) is 0 Å². The van der Waals surface area contributed by atoms with Gasteiger partial charge in [-0.25, -0.2) is 8.42 Å². The summed E-state index contributed by atoms with van der Waals surface area (Å²) in [5.74, 6) is -0.569. The minimum Gasteiger partial charge on any atom is -0.352 e. The van der Waals surface area contributed by atoms with E-state index in [1.807, 2.05) is 19.9 Å². The molecule has 0 saturated heterocycles. The normalized spacial score (nSPS) is 12.3. The molecule has 2 aromatic rings. The van der Waals surface area contributed by atoms with Crippen molar-refractivity contribution in [2.75, 3.05) is 17.1 Å². The Morgan fingerprint density at radius 3 is 2.26 bits per heavy atom. The number of rotatable bonds is 11. The number of hydrogen-bond acceptors (Lipinski definition) is 4. The van der Waals surface area contributed by atoms with Gasteiger partial charge in [0.2, 0.25) is 21.8 Å². The molecule has 0 aliphatic rings. The molecule has 2 amide bonds. The molecule has 7 nitrogen and oxygen atoms in total. The Kier molecular flexibility index (Phi) is 10.7. The minimum atomic E-state index is -3.69. The monoisotopic (exact) mass is 561 g/mol. The van der Waals surface area contributed by atoms with E-state index in [9.17, 15) is 18.0 Å². The minimum absolute atomic E-state index is 0.0161. The lowest BCUT2D eigenvalue weighted by Gasteiger charge is -2.30. The molecule has 1 N–H and O–H groups in total. The lowest BCUT2D eigenvalue weighted by Crippen LogP contribution is -2.49. The molecule has 1 atom stereocenters. The molecule has 2 aromatic carbocycles. The number of anilines is 1. The average molecular weight is 563 g/mol. The molecule has 192 valence electrons. The summed E-state index contributed by atoms with van der Waals surface area (Å²) in [5, 5.41) is 3.92. The first kappa shape index (κ1) is 29.2. The molecule has 0 aliphatic heterocycles. The molecule has 0 heterocycles. The van der Waals surface area contributed by atoms with Crippen molar-refractivity contribution < 1.29 is 18.0 Å². The predicted octanol–water partition coefficient (Wildman–Crippen LogP) is 5.13. The summed E-state index contributed by atoms with van der Waals surface area (Å²) >= 11 is 18.3. The van der Waals surface area contributed by atoms with Gasteiger partial charge in [-0.3, -0.25) is 13.9 Å². The lowest BCUT2D eigenvalue weighted by molar-refractivity contribution is -0.140. The summed E-state index contributed by atoms with van der Waals surface area (Å²) < 4.78 is 26.0. The Bertz CT molecular complexity index is 1160. The Morgan fingerprint density at radius 2 is 1.66 bits per heavy atom. The van der Waals surface area contributed by atoms with E-state index in [1.54, 1.807) is 31.2 Å². The highest BCUT2D eigenvalue weighted by Gasteiger charge is 2.27. The van der Waals surface area contributed by atoms with E-state index in [-0.39, 0.29) is 54.5 Å². The van der Waals surface area contributed by atoms with Crippen molar-refractivity contribution in [3.8, 4) is 0 Å². The van der Waals surface area contributed by atoms with Gasteiger partial charge in [0.25, 0.3) is 0 Å². The maximum atomic E-state index is 13.3. The van der Waals surface area contributed by atoms with Gasteiger partial charge in [-0.1, -0.05) is 46.9 Å². The quantitative estimate of drug-likeness (QED) is 0.411. The second-order valence-corrected chi connectivity index (χ2v) is 11.7. The number of carbonyl (C=O) groups excluding carboxylic acids is 2. The third kappa shape index (κ3) is 8.86. The molecule has 0 saturated carbocycles. The van der Waals surface area contributed by atoms with Gasteiger partial charge in [0, 0.05) is 35.6 Å². The van der Waals surface area contributed by atoms with Crippen molar-refractivity contribution >= 4 is 62.3 Å². The van der Waals surface area contributed by atoms with Crippen LogP contribution in [0.15, 0.2) is 42.5 Å². The molecule has 0 unspecified atom stereocenters. The first-order valence-corrected chi connectivity index (χ1v) is 14.0. The second kappa shape index (κ2) is 12.8. The van der Waals surface area contributed by atoms with Crippen LogP contribution in [0.25, 0.3) is 0 Å². The van der Waals surface area contributed by atoms with Gasteiger partial charge in [0.05, 0.1) is 17.0 Å². The fourth-order valence-corrected chi connectivity index (χ4v) is 5.10. The molecule has 0 aromatic heterocycles. The van der Waals surface area contributed by atoms with E-state index in [0.717, 1.165) is 16.1 Å². The van der Waals surface area contributed by atoms with Gasteiger partial charge in [0.1, 0.15) is 6.04 Å². The number of sulfonamides is 1. The van der Waals surface area contributed by atoms with Crippen LogP contribution in [0.5, 0.6) is 0 Å². The maximum absolute atomic E-state index is 13.3. The SMILES string of the molecule is CC(C)NC(=O)[C@@H](C)N(Cc1cccc(Cl)c1)C(=O)CCCN(c1cc(Cl)ccc1Cl)S(C)(=O)=O. The zero-order chi connectivity index (χ0) is 26.3. The molecule has 0 aliphatic carbocycles. The molecule has 35 heavy (non-hydrogen) atoms. The fourth-order valence-electron chi connectivity index (χ4n) is 3.48. The van der Waals surface area contributed by atoms with Gasteiger partial charge >= 0.3 is 0 Å². The van der Waals surface area contributed by atoms with Gasteiger partial charge in [-0.05, 0) is 63.1 Å². The van der Waals surface area contributed by atoms with Crippen LogP contribution in [-0.2, 0) is 26.2 Å². The first-order valence-electron chi connectivity index (χ1n) is 11.1. The van der Waals surface area contributed by atoms with Crippen LogP contribution < -0.4 is 9.62 Å². The van der Waals surface area contributed by atoms with Crippen LogP contribution in [0.1, 0.15) is 39.2 Å². The zero-order valence-electron chi connectivity index (χ0n) is 20.1. The number of amides is 2. The molecule has 0 spiro atoms. The zero-order valence-corrected chi connectivity index (χ0v) is 23.2. The molecule has 0 fully saturated rings. The van der Waals surface area contributed by atoms with E-state index >= 15 is 0 Å². The average Bonchev–Trinajstić information content (AvgIpc) is 2.75. The summed E-state index contributed by atoms with van der Waals surface area (Å²) in [6.07, 6.45) is 1.29. The highest BCUT2D eigenvalue weighted by atomic mass is 35.5. The second-order valence-electron chi connectivity index (χ2n) is 8.53. The van der Waals surface area contributed by atoms with Gasteiger partial charge in [0.15, 0.2) is 0 Å². The van der Waals surface area contributed by atoms with E-state index in [4.69, 9.17) is 34.8 Å². The van der Waals surface area contributed by atoms with Crippen molar-refractivity contribution in [3.05, 3.63) is 63.1 Å². The number of nitrogens with zero attached hydrogens (tertiary/aromatic N) is 2. The summed E-state index contributed by atoms with van der Waals surface area (Å²) in [4.78, 5) is 27.4. The molecular weight excluding hydrogens is 533 g/mol. The highest BCUT2D eigenvalue weighted by Crippen LogP contribution is 2.31. The third-order valence-corrected chi connectivity index (χ3v) is 7.14. The van der Waals surface area contributed by atoms with Crippen molar-refractivity contribution in [2.45, 2.75) is 52.2 Å². The topological polar surface area (TPSA) is 86.8 Å². The number of halogens is 3. The van der Waals surface area contributed by atoms with E-state index in [0.29, 0.717) is 10.0 Å². The number of nitrogens with one attached hydrogen (secondary N) is 1. The molecule has 11 heteroatoms. The standard InChI is InChI=1S/C24H30Cl3N3O4S/c1-16(2)28-24(32)17(3)29(15-18-7-5-8-19(25)13-18)23(31)9-6-12-30(35(4,33)34)22-14-20(26)10-11-21(22)27/h5,7-8,10-11,13-14,16-17H,6,9,12,15H2,1-4H3,(H,28,32)/t17-/m1/s1. The maximum Gasteiger partial charge on any atom is 0.242 e. The highest BCUT2D eigenvalue weighted by molar-refractivity contribution is 7.92. The van der Waals surface area contributed by atoms with Crippen LogP contribution in [0, 0.1) is 0 Å². The van der Waals surface area contributed by atoms with Crippen molar-refractivity contribution in [3.63, 3.8) is 0 Å². The molecular formula is C24H30Cl3N3O4S. The van der Waals surface area contributed by atoms with E-state index < -0.39 is 16.1 Å². The van der Waals surface area contributed by atoms with Crippen LogP contribution in [-0.4, -0.2) is 50.0 Å². The van der Waals surface area contributed by atoms with E-state index in [2.05, 4.69) is 5.32 Å². The van der Waals surface area contributed by atoms with Gasteiger partial charge in [-0.15, -0.1) is 0 Å². The van der Waals surface area contributed by atoms with Crippen LogP contribution >= 0.6 is 34.8 Å². The van der Waals surface area contributed by atoms with Crippen LogP contribution in [0.4, 0.5) is 5.69 Å². The van der Waals surface area contributed by atoms with Crippen molar-refractivity contribution in [1.29, 1.82) is 0 Å². The Labute approximate surface area is 222 Å². The van der Waals surface area contributed by atoms with Crippen molar-refractivity contribution in [1.82, 2.24) is 10.2 Å². The Morgan fingerprint density at radius 1 is 1.00 bits per heavy atom. The number of hydrogen-bond donors (Lipinski definition) is 1. The third-order valence-electron chi connectivity index (χ3n) is 5.17. The van der Waals surface area contributed by atoms with Gasteiger partial charge in [-0.2, -0.15) is 0 Å². The number of benzene rings is 2. The summed E-state index contributed by atoms with van der Waals surface area (Å²) in [6, 6.07) is 10.8. The van der Waals surface area contributed by atoms with Crippen molar-refractivity contribution in [2.24, 2.45) is 0 Å². The summed E-state index contributed by atoms with van der Waals surface area (Å²) in [5.41, 5.74) is 1.02. The number of carbonyl (C=O) groups is 2. The Balaban J connectivity index is 2.21. The molecule has 2 rings (SSSR count). The molecule has 0 radical (unpaired) electrons. The van der Waals surface area contributed by atoms with E-state index in [1.165, 1.54) is 17.0 Å². The lowest BCUT2D eigenvalue weighted by atomic mass is 10.1. The van der Waals surface area contributed by atoms with Gasteiger partial charge < -0.3 is 10.2 Å². The summed E-state index contributed by atoms with van der Waals surface area (Å²) in [6.45, 7) is 5.54. The molecule has 0 bridgehead atoms. The largest absolute Gasteiger partial charge is 0.352 e. The summed E-state index contributed by atoms with van der Waals surface area (Å²) in [7, 11) is -3.69.